The highest BCUT2D eigenvalue weighted by Gasteiger charge is 2.10. The largest absolute Gasteiger partial charge is 0.206 e. The van der Waals surface area contributed by atoms with Crippen molar-refractivity contribution in [2.24, 2.45) is 5.92 Å². The van der Waals surface area contributed by atoms with Crippen molar-refractivity contribution in [3.05, 3.63) is 65.2 Å². The minimum atomic E-state index is -0.666. The Labute approximate surface area is 155 Å². The van der Waals surface area contributed by atoms with Crippen LogP contribution >= 0.6 is 0 Å². The van der Waals surface area contributed by atoms with Gasteiger partial charge in [0.15, 0.2) is 0 Å². The summed E-state index contributed by atoms with van der Waals surface area (Å²) in [5, 5.41) is 8.50. The van der Waals surface area contributed by atoms with E-state index in [4.69, 9.17) is 5.26 Å². The van der Waals surface area contributed by atoms with Crippen molar-refractivity contribution in [3.8, 4) is 17.2 Å². The first kappa shape index (κ1) is 19.8. The fraction of sp³-hybridized carbons (Fsp3) is 0.348. The van der Waals surface area contributed by atoms with E-state index in [0.717, 1.165) is 36.5 Å². The maximum atomic E-state index is 14.1. The Kier molecular flexibility index (Phi) is 7.53. The molecule has 0 bridgehead atoms. The smallest absolute Gasteiger partial charge is 0.134 e. The van der Waals surface area contributed by atoms with E-state index >= 15 is 0 Å². The zero-order chi connectivity index (χ0) is 18.9. The molecule has 3 heteroatoms. The van der Waals surface area contributed by atoms with Gasteiger partial charge in [-0.25, -0.2) is 8.78 Å². The number of allylic oxidation sites excluding steroid dienone is 1. The Morgan fingerprint density at radius 2 is 1.69 bits per heavy atom. The van der Waals surface area contributed by atoms with E-state index in [9.17, 15) is 8.78 Å². The molecule has 0 aliphatic carbocycles. The molecule has 0 N–H and O–H groups in total. The highest BCUT2D eigenvalue weighted by atomic mass is 19.1. The summed E-state index contributed by atoms with van der Waals surface area (Å²) in [6.07, 6.45) is 8.13. The minimum Gasteiger partial charge on any atom is -0.206 e. The van der Waals surface area contributed by atoms with Gasteiger partial charge in [-0.3, -0.25) is 0 Å². The summed E-state index contributed by atoms with van der Waals surface area (Å²) in [5.41, 5.74) is 2.33. The predicted molar refractivity (Wildman–Crippen MR) is 103 cm³/mol. The summed E-state index contributed by atoms with van der Waals surface area (Å²) in [4.78, 5) is 0. The van der Waals surface area contributed by atoms with E-state index in [1.807, 2.05) is 24.3 Å². The second-order valence-corrected chi connectivity index (χ2v) is 6.80. The van der Waals surface area contributed by atoms with Crippen LogP contribution in [0.3, 0.4) is 0 Å². The van der Waals surface area contributed by atoms with E-state index in [0.29, 0.717) is 5.56 Å². The molecule has 1 nitrogen and oxygen atoms in total. The molecule has 2 rings (SSSR count). The Morgan fingerprint density at radius 3 is 2.27 bits per heavy atom. The third-order valence-electron chi connectivity index (χ3n) is 4.63. The van der Waals surface area contributed by atoms with E-state index in [1.165, 1.54) is 37.0 Å². The molecule has 0 saturated carbocycles. The fourth-order valence-electron chi connectivity index (χ4n) is 3.19. The summed E-state index contributed by atoms with van der Waals surface area (Å²) in [5.74, 6) is -0.570. The lowest BCUT2D eigenvalue weighted by atomic mass is 9.96. The van der Waals surface area contributed by atoms with Crippen molar-refractivity contribution in [2.75, 3.05) is 0 Å². The van der Waals surface area contributed by atoms with Gasteiger partial charge in [0.2, 0.25) is 0 Å². The van der Waals surface area contributed by atoms with Crippen molar-refractivity contribution < 1.29 is 8.78 Å². The van der Waals surface area contributed by atoms with Crippen LogP contribution in [0.15, 0.2) is 42.5 Å². The standard InChI is InChI=1S/C23H25F2N/c1-3-6-17(2)7-4-8-18-10-12-19(13-11-18)20-15-22(24)21(9-5-14-26)23(25)16-20/h5,9-13,15-17H,3-4,6-8H2,1-2H3. The zero-order valence-electron chi connectivity index (χ0n) is 15.4. The van der Waals surface area contributed by atoms with Crippen molar-refractivity contribution in [1.82, 2.24) is 0 Å². The molecule has 2 aromatic rings. The van der Waals surface area contributed by atoms with Gasteiger partial charge >= 0.3 is 0 Å². The first-order chi connectivity index (χ1) is 12.5. The molecule has 0 fully saturated rings. The van der Waals surface area contributed by atoms with Gasteiger partial charge in [0.25, 0.3) is 0 Å². The number of nitrogens with zero attached hydrogens (tertiary/aromatic N) is 1. The summed E-state index contributed by atoms with van der Waals surface area (Å²) in [7, 11) is 0. The first-order valence-electron chi connectivity index (χ1n) is 9.19. The molecule has 1 unspecified atom stereocenters. The lowest BCUT2D eigenvalue weighted by Crippen LogP contribution is -1.95. The summed E-state index contributed by atoms with van der Waals surface area (Å²) < 4.78 is 28.2. The molecule has 0 aliphatic rings. The summed E-state index contributed by atoms with van der Waals surface area (Å²) in [6, 6.07) is 12.2. The van der Waals surface area contributed by atoms with Gasteiger partial charge < -0.3 is 0 Å². The maximum Gasteiger partial charge on any atom is 0.134 e. The molecule has 0 heterocycles. The SMILES string of the molecule is CCCC(C)CCCc1ccc(-c2cc(F)c(C=CC#N)c(F)c2)cc1. The number of nitriles is 1. The third-order valence-corrected chi connectivity index (χ3v) is 4.63. The number of rotatable bonds is 8. The number of hydrogen-bond donors (Lipinski definition) is 0. The van der Waals surface area contributed by atoms with E-state index in [1.54, 1.807) is 6.07 Å². The molecule has 0 spiro atoms. The lowest BCUT2D eigenvalue weighted by molar-refractivity contribution is 0.469. The van der Waals surface area contributed by atoms with Crippen LogP contribution in [0.5, 0.6) is 0 Å². The van der Waals surface area contributed by atoms with Gasteiger partial charge in [0.1, 0.15) is 11.6 Å². The topological polar surface area (TPSA) is 23.8 Å². The van der Waals surface area contributed by atoms with Gasteiger partial charge in [0, 0.05) is 11.6 Å². The number of halogens is 2. The Morgan fingerprint density at radius 1 is 1.04 bits per heavy atom. The van der Waals surface area contributed by atoms with Crippen LogP contribution in [0, 0.1) is 28.9 Å². The fourth-order valence-corrected chi connectivity index (χ4v) is 3.19. The molecule has 0 saturated heterocycles. The number of hydrogen-bond acceptors (Lipinski definition) is 1. The van der Waals surface area contributed by atoms with E-state index in [-0.39, 0.29) is 5.56 Å². The van der Waals surface area contributed by atoms with Crippen molar-refractivity contribution >= 4 is 6.08 Å². The van der Waals surface area contributed by atoms with Crippen molar-refractivity contribution in [3.63, 3.8) is 0 Å². The molecule has 2 aromatic carbocycles. The Bertz CT molecular complexity index is 762. The van der Waals surface area contributed by atoms with Gasteiger partial charge in [-0.2, -0.15) is 5.26 Å². The van der Waals surface area contributed by atoms with Crippen LogP contribution in [0.4, 0.5) is 8.78 Å². The molecule has 0 amide bonds. The second-order valence-electron chi connectivity index (χ2n) is 6.80. The number of aryl methyl sites for hydroxylation is 1. The van der Waals surface area contributed by atoms with Crippen LogP contribution in [-0.2, 0) is 6.42 Å². The summed E-state index contributed by atoms with van der Waals surface area (Å²) >= 11 is 0. The normalized spacial score (nSPS) is 12.3. The van der Waals surface area contributed by atoms with Crippen molar-refractivity contribution in [1.29, 1.82) is 5.26 Å². The molecule has 0 aromatic heterocycles. The predicted octanol–water partition coefficient (Wildman–Crippen LogP) is 6.93. The Balaban J connectivity index is 2.06. The highest BCUT2D eigenvalue weighted by Crippen LogP contribution is 2.26. The maximum absolute atomic E-state index is 14.1. The third kappa shape index (κ3) is 5.52. The van der Waals surface area contributed by atoms with E-state index in [2.05, 4.69) is 13.8 Å². The average Bonchev–Trinajstić information content (AvgIpc) is 2.62. The quantitative estimate of drug-likeness (QED) is 0.472. The van der Waals surface area contributed by atoms with Crippen LogP contribution in [-0.4, -0.2) is 0 Å². The average molecular weight is 353 g/mol. The number of benzene rings is 2. The molecular weight excluding hydrogens is 328 g/mol. The van der Waals surface area contributed by atoms with Gasteiger partial charge in [0.05, 0.1) is 6.07 Å². The molecular formula is C23H25F2N. The van der Waals surface area contributed by atoms with Crippen LogP contribution in [0.2, 0.25) is 0 Å². The molecule has 0 aliphatic heterocycles. The Hall–Kier alpha value is -2.47. The molecule has 136 valence electrons. The first-order valence-corrected chi connectivity index (χ1v) is 9.19. The second kappa shape index (κ2) is 9.87. The summed E-state index contributed by atoms with van der Waals surface area (Å²) in [6.45, 7) is 4.51. The van der Waals surface area contributed by atoms with Gasteiger partial charge in [-0.15, -0.1) is 0 Å². The van der Waals surface area contributed by atoms with Crippen LogP contribution in [0.25, 0.3) is 17.2 Å². The van der Waals surface area contributed by atoms with Crippen LogP contribution < -0.4 is 0 Å². The minimum absolute atomic E-state index is 0.187. The van der Waals surface area contributed by atoms with Crippen LogP contribution in [0.1, 0.15) is 50.7 Å². The van der Waals surface area contributed by atoms with Gasteiger partial charge in [-0.1, -0.05) is 57.4 Å². The molecule has 0 radical (unpaired) electrons. The van der Waals surface area contributed by atoms with Gasteiger partial charge in [-0.05, 0) is 53.7 Å². The van der Waals surface area contributed by atoms with Crippen molar-refractivity contribution in [2.45, 2.75) is 46.0 Å². The monoisotopic (exact) mass is 353 g/mol. The zero-order valence-corrected chi connectivity index (χ0v) is 15.4. The van der Waals surface area contributed by atoms with E-state index < -0.39 is 11.6 Å². The highest BCUT2D eigenvalue weighted by molar-refractivity contribution is 5.67. The lowest BCUT2D eigenvalue weighted by Gasteiger charge is -2.10. The molecule has 1 atom stereocenters. The molecule has 26 heavy (non-hydrogen) atoms.